The van der Waals surface area contributed by atoms with Gasteiger partial charge < -0.3 is 32.5 Å². The Balaban J connectivity index is 1.56. The van der Waals surface area contributed by atoms with E-state index in [0.29, 0.717) is 47.3 Å². The molecule has 0 saturated heterocycles. The van der Waals surface area contributed by atoms with Crippen molar-refractivity contribution in [3.8, 4) is 0 Å². The standard InChI is InChI=1S/C21H32N10/c1-12(2)31-11-25-18-19(30-26-10-13-4-3-5-16(23)17(13)24)28-21(29-20(18)31)27-15-8-6-14(22)7-9-15/h3-5,11-12,14-15,26H,6-10,22-24H2,1-2H3,(H2,27,28,29,30). The number of nitrogens with one attached hydrogen (secondary N) is 3. The first-order valence-corrected chi connectivity index (χ1v) is 10.8. The van der Waals surface area contributed by atoms with Gasteiger partial charge in [0, 0.05) is 24.7 Å². The lowest BCUT2D eigenvalue weighted by molar-refractivity contribution is 0.410. The number of para-hydroxylation sites is 1. The molecule has 0 radical (unpaired) electrons. The molecular weight excluding hydrogens is 392 g/mol. The molecule has 9 N–H and O–H groups in total. The first-order valence-electron chi connectivity index (χ1n) is 10.8. The van der Waals surface area contributed by atoms with Crippen LogP contribution < -0.4 is 33.4 Å². The number of nitrogen functional groups attached to an aromatic ring is 2. The highest BCUT2D eigenvalue weighted by Gasteiger charge is 2.21. The Morgan fingerprint density at radius 3 is 2.65 bits per heavy atom. The zero-order valence-corrected chi connectivity index (χ0v) is 18.1. The van der Waals surface area contributed by atoms with E-state index < -0.39 is 0 Å². The van der Waals surface area contributed by atoms with Gasteiger partial charge in [-0.05, 0) is 51.2 Å². The number of hydrogen-bond acceptors (Lipinski definition) is 9. The second kappa shape index (κ2) is 8.94. The molecule has 0 aliphatic heterocycles. The van der Waals surface area contributed by atoms with Crippen molar-refractivity contribution in [2.24, 2.45) is 5.73 Å². The van der Waals surface area contributed by atoms with E-state index in [-0.39, 0.29) is 6.04 Å². The second-order valence-corrected chi connectivity index (χ2v) is 8.47. The number of nitrogens with zero attached hydrogens (tertiary/aromatic N) is 4. The summed E-state index contributed by atoms with van der Waals surface area (Å²) in [4.78, 5) is 14.0. The summed E-state index contributed by atoms with van der Waals surface area (Å²) >= 11 is 0. The quantitative estimate of drug-likeness (QED) is 0.247. The van der Waals surface area contributed by atoms with Crippen LogP contribution in [0, 0.1) is 0 Å². The van der Waals surface area contributed by atoms with Crippen LogP contribution in [0.1, 0.15) is 51.1 Å². The molecule has 10 nitrogen and oxygen atoms in total. The first-order chi connectivity index (χ1) is 14.9. The van der Waals surface area contributed by atoms with Gasteiger partial charge in [-0.25, -0.2) is 10.4 Å². The van der Waals surface area contributed by atoms with Gasteiger partial charge >= 0.3 is 0 Å². The summed E-state index contributed by atoms with van der Waals surface area (Å²) in [7, 11) is 0. The molecule has 3 aromatic rings. The van der Waals surface area contributed by atoms with E-state index >= 15 is 0 Å². The molecule has 166 valence electrons. The fourth-order valence-corrected chi connectivity index (χ4v) is 3.90. The summed E-state index contributed by atoms with van der Waals surface area (Å²) in [5.41, 5.74) is 27.9. The van der Waals surface area contributed by atoms with Gasteiger partial charge in [0.25, 0.3) is 0 Å². The molecule has 0 unspecified atom stereocenters. The van der Waals surface area contributed by atoms with E-state index in [0.717, 1.165) is 36.9 Å². The predicted molar refractivity (Wildman–Crippen MR) is 125 cm³/mol. The third-order valence-corrected chi connectivity index (χ3v) is 5.80. The molecule has 1 aromatic carbocycles. The fourth-order valence-electron chi connectivity index (χ4n) is 3.90. The maximum absolute atomic E-state index is 6.07. The number of fused-ring (bicyclic) bond motifs is 1. The molecule has 0 amide bonds. The van der Waals surface area contributed by atoms with Crippen molar-refractivity contribution in [3.05, 3.63) is 30.1 Å². The molecule has 2 heterocycles. The number of anilines is 4. The number of rotatable bonds is 7. The van der Waals surface area contributed by atoms with Crippen LogP contribution in [0.3, 0.4) is 0 Å². The number of aromatic nitrogens is 4. The molecule has 0 atom stereocenters. The fraction of sp³-hybridized carbons (Fsp3) is 0.476. The van der Waals surface area contributed by atoms with Crippen LogP contribution in [0.4, 0.5) is 23.1 Å². The number of nitrogens with two attached hydrogens (primary N) is 3. The van der Waals surface area contributed by atoms with Crippen molar-refractivity contribution in [3.63, 3.8) is 0 Å². The maximum atomic E-state index is 6.07. The smallest absolute Gasteiger partial charge is 0.227 e. The summed E-state index contributed by atoms with van der Waals surface area (Å²) in [5.74, 6) is 1.20. The van der Waals surface area contributed by atoms with E-state index in [1.807, 2.05) is 16.7 Å². The molecule has 4 rings (SSSR count). The van der Waals surface area contributed by atoms with E-state index in [4.69, 9.17) is 27.2 Å². The first kappa shape index (κ1) is 21.1. The van der Waals surface area contributed by atoms with Crippen molar-refractivity contribution in [1.29, 1.82) is 0 Å². The predicted octanol–water partition coefficient (Wildman–Crippen LogP) is 2.37. The third-order valence-electron chi connectivity index (χ3n) is 5.80. The maximum Gasteiger partial charge on any atom is 0.227 e. The Kier molecular flexibility index (Phi) is 6.10. The molecule has 0 spiro atoms. The lowest BCUT2D eigenvalue weighted by Gasteiger charge is -2.27. The van der Waals surface area contributed by atoms with E-state index in [1.54, 1.807) is 12.4 Å². The van der Waals surface area contributed by atoms with Gasteiger partial charge in [0.05, 0.1) is 17.7 Å². The Morgan fingerprint density at radius 1 is 1.13 bits per heavy atom. The third kappa shape index (κ3) is 4.64. The lowest BCUT2D eigenvalue weighted by Crippen LogP contribution is -2.33. The highest BCUT2D eigenvalue weighted by atomic mass is 15.4. The second-order valence-electron chi connectivity index (χ2n) is 8.47. The Bertz CT molecular complexity index is 1040. The van der Waals surface area contributed by atoms with Gasteiger partial charge in [0.2, 0.25) is 5.95 Å². The SMILES string of the molecule is CC(C)n1cnc2c(NNCc3cccc(N)c3N)nc(NC3CCC(N)CC3)nc21. The van der Waals surface area contributed by atoms with Crippen LogP contribution in [-0.2, 0) is 6.54 Å². The average Bonchev–Trinajstić information content (AvgIpc) is 3.17. The van der Waals surface area contributed by atoms with Crippen LogP contribution in [0.25, 0.3) is 11.2 Å². The van der Waals surface area contributed by atoms with E-state index in [2.05, 4.69) is 35.0 Å². The largest absolute Gasteiger partial charge is 0.397 e. The zero-order chi connectivity index (χ0) is 22.0. The van der Waals surface area contributed by atoms with Crippen molar-refractivity contribution in [2.75, 3.05) is 22.2 Å². The van der Waals surface area contributed by atoms with E-state index in [9.17, 15) is 0 Å². The van der Waals surface area contributed by atoms with Gasteiger partial charge in [-0.2, -0.15) is 9.97 Å². The molecule has 1 saturated carbocycles. The summed E-state index contributed by atoms with van der Waals surface area (Å²) in [5, 5.41) is 3.49. The molecule has 31 heavy (non-hydrogen) atoms. The van der Waals surface area contributed by atoms with E-state index in [1.165, 1.54) is 0 Å². The van der Waals surface area contributed by atoms with Crippen LogP contribution >= 0.6 is 0 Å². The average molecular weight is 425 g/mol. The summed E-state index contributed by atoms with van der Waals surface area (Å²) in [6.07, 6.45) is 5.86. The van der Waals surface area contributed by atoms with Crippen LogP contribution in [0.5, 0.6) is 0 Å². The van der Waals surface area contributed by atoms with Crippen molar-refractivity contribution in [2.45, 2.75) is 64.2 Å². The number of hydrazine groups is 1. The van der Waals surface area contributed by atoms with Crippen molar-refractivity contribution < 1.29 is 0 Å². The molecule has 1 aliphatic carbocycles. The minimum absolute atomic E-state index is 0.230. The number of imidazole rings is 1. The molecule has 10 heteroatoms. The van der Waals surface area contributed by atoms with Crippen molar-refractivity contribution in [1.82, 2.24) is 24.9 Å². The molecule has 1 fully saturated rings. The summed E-state index contributed by atoms with van der Waals surface area (Å²) < 4.78 is 2.04. The topological polar surface area (TPSA) is 158 Å². The normalized spacial score (nSPS) is 19.1. The molecular formula is C21H32N10. The van der Waals surface area contributed by atoms with Gasteiger partial charge in [-0.1, -0.05) is 12.1 Å². The highest BCUT2D eigenvalue weighted by molar-refractivity contribution is 5.84. The molecule has 1 aliphatic rings. The van der Waals surface area contributed by atoms with Gasteiger partial charge in [-0.15, -0.1) is 0 Å². The Hall–Kier alpha value is -3.11. The summed E-state index contributed by atoms with van der Waals surface area (Å²) in [6.45, 7) is 4.69. The minimum Gasteiger partial charge on any atom is -0.397 e. The highest BCUT2D eigenvalue weighted by Crippen LogP contribution is 2.26. The van der Waals surface area contributed by atoms with Crippen molar-refractivity contribution >= 4 is 34.3 Å². The van der Waals surface area contributed by atoms with Gasteiger partial charge in [0.1, 0.15) is 0 Å². The number of benzene rings is 1. The monoisotopic (exact) mass is 424 g/mol. The van der Waals surface area contributed by atoms with Crippen LogP contribution in [0.15, 0.2) is 24.5 Å². The Labute approximate surface area is 182 Å². The van der Waals surface area contributed by atoms with Crippen LogP contribution in [-0.4, -0.2) is 31.6 Å². The zero-order valence-electron chi connectivity index (χ0n) is 18.1. The van der Waals surface area contributed by atoms with Gasteiger partial charge in [0.15, 0.2) is 17.0 Å². The number of hydrogen-bond donors (Lipinski definition) is 6. The summed E-state index contributed by atoms with van der Waals surface area (Å²) in [6, 6.07) is 6.45. The minimum atomic E-state index is 0.230. The molecule has 2 aromatic heterocycles. The Morgan fingerprint density at radius 2 is 1.90 bits per heavy atom. The lowest BCUT2D eigenvalue weighted by atomic mass is 9.92. The molecule has 0 bridgehead atoms. The van der Waals surface area contributed by atoms with Gasteiger partial charge in [-0.3, -0.25) is 0 Å². The van der Waals surface area contributed by atoms with Crippen LogP contribution in [0.2, 0.25) is 0 Å².